The third-order valence-electron chi connectivity index (χ3n) is 2.98. The van der Waals surface area contributed by atoms with Crippen LogP contribution in [-0.4, -0.2) is 60.8 Å². The van der Waals surface area contributed by atoms with E-state index < -0.39 is 12.0 Å². The van der Waals surface area contributed by atoms with E-state index in [4.69, 9.17) is 9.84 Å². The van der Waals surface area contributed by atoms with E-state index in [-0.39, 0.29) is 18.6 Å². The topological polar surface area (TPSA) is 87.7 Å². The number of nitrogens with one attached hydrogen (secondary N) is 2. The van der Waals surface area contributed by atoms with E-state index in [2.05, 4.69) is 10.6 Å². The zero-order valence-corrected chi connectivity index (χ0v) is 12.0. The molecule has 0 aromatic rings. The first-order chi connectivity index (χ1) is 9.13. The fraction of sp³-hybridized carbons (Fsp3) is 0.833. The summed E-state index contributed by atoms with van der Waals surface area (Å²) in [6.45, 7) is 1.74. The summed E-state index contributed by atoms with van der Waals surface area (Å²) >= 11 is 1.56. The van der Waals surface area contributed by atoms with Gasteiger partial charge < -0.3 is 20.5 Å². The lowest BCUT2D eigenvalue weighted by molar-refractivity contribution is -0.143. The number of piperidine rings is 1. The molecule has 0 saturated carbocycles. The SMILES string of the molecule is CSCC[C@@H](NC(=O)COC1CCNCC1)C(=O)O. The molecule has 7 heteroatoms. The molecule has 0 aliphatic carbocycles. The number of aliphatic carboxylic acids is 1. The number of carbonyl (C=O) groups is 2. The maximum atomic E-state index is 11.6. The predicted octanol–water partition coefficient (Wildman–Crippen LogP) is 0.0775. The second kappa shape index (κ2) is 9.17. The number of carboxylic acid groups (broad SMARTS) is 1. The number of hydrogen-bond donors (Lipinski definition) is 3. The predicted molar refractivity (Wildman–Crippen MR) is 74.4 cm³/mol. The van der Waals surface area contributed by atoms with E-state index >= 15 is 0 Å². The second-order valence-corrected chi connectivity index (χ2v) is 5.49. The van der Waals surface area contributed by atoms with Crippen molar-refractivity contribution in [1.29, 1.82) is 0 Å². The number of ether oxygens (including phenoxy) is 1. The van der Waals surface area contributed by atoms with Crippen LogP contribution < -0.4 is 10.6 Å². The molecule has 0 aromatic carbocycles. The summed E-state index contributed by atoms with van der Waals surface area (Å²) in [6.07, 6.45) is 4.21. The molecule has 1 aliphatic rings. The Kier molecular flexibility index (Phi) is 7.85. The van der Waals surface area contributed by atoms with Crippen molar-refractivity contribution in [2.24, 2.45) is 0 Å². The molecule has 0 aromatic heterocycles. The van der Waals surface area contributed by atoms with Gasteiger partial charge in [-0.2, -0.15) is 11.8 Å². The van der Waals surface area contributed by atoms with Gasteiger partial charge in [-0.15, -0.1) is 0 Å². The highest BCUT2D eigenvalue weighted by Gasteiger charge is 2.20. The fourth-order valence-electron chi connectivity index (χ4n) is 1.88. The van der Waals surface area contributed by atoms with Gasteiger partial charge in [0.15, 0.2) is 0 Å². The van der Waals surface area contributed by atoms with Gasteiger partial charge in [-0.3, -0.25) is 4.79 Å². The molecule has 1 heterocycles. The van der Waals surface area contributed by atoms with Crippen LogP contribution in [0.3, 0.4) is 0 Å². The van der Waals surface area contributed by atoms with Crippen molar-refractivity contribution in [3.05, 3.63) is 0 Å². The molecule has 0 bridgehead atoms. The minimum absolute atomic E-state index is 0.0618. The summed E-state index contributed by atoms with van der Waals surface area (Å²) in [6, 6.07) is -0.823. The van der Waals surface area contributed by atoms with E-state index in [1.165, 1.54) is 0 Å². The number of thioether (sulfide) groups is 1. The van der Waals surface area contributed by atoms with Gasteiger partial charge in [0, 0.05) is 0 Å². The number of hydrogen-bond acceptors (Lipinski definition) is 5. The van der Waals surface area contributed by atoms with E-state index in [0.29, 0.717) is 12.2 Å². The van der Waals surface area contributed by atoms with Gasteiger partial charge in [-0.05, 0) is 44.4 Å². The Balaban J connectivity index is 2.25. The van der Waals surface area contributed by atoms with Gasteiger partial charge in [-0.1, -0.05) is 0 Å². The molecule has 19 heavy (non-hydrogen) atoms. The highest BCUT2D eigenvalue weighted by atomic mass is 32.2. The number of amides is 1. The van der Waals surface area contributed by atoms with E-state index in [1.54, 1.807) is 11.8 Å². The first-order valence-corrected chi connectivity index (χ1v) is 7.86. The molecule has 1 fully saturated rings. The number of carbonyl (C=O) groups excluding carboxylic acids is 1. The molecular weight excluding hydrogens is 268 g/mol. The summed E-state index contributed by atoms with van der Waals surface area (Å²) in [5, 5.41) is 14.7. The molecule has 1 saturated heterocycles. The Bertz CT molecular complexity index is 295. The van der Waals surface area contributed by atoms with Gasteiger partial charge >= 0.3 is 5.97 Å². The Hall–Kier alpha value is -0.790. The first kappa shape index (κ1) is 16.3. The standard InChI is InChI=1S/C12H22N2O4S/c1-19-7-4-10(12(16)17)14-11(15)8-18-9-2-5-13-6-3-9/h9-10,13H,2-8H2,1H3,(H,14,15)(H,16,17)/t10-/m1/s1. The third-order valence-corrected chi connectivity index (χ3v) is 3.62. The minimum atomic E-state index is -0.996. The maximum absolute atomic E-state index is 11.6. The number of rotatable bonds is 8. The van der Waals surface area contributed by atoms with Crippen LogP contribution in [0.4, 0.5) is 0 Å². The Morgan fingerprint density at radius 1 is 1.47 bits per heavy atom. The van der Waals surface area contributed by atoms with Gasteiger partial charge in [-0.25, -0.2) is 4.79 Å². The van der Waals surface area contributed by atoms with Crippen molar-refractivity contribution >= 4 is 23.6 Å². The molecule has 6 nitrogen and oxygen atoms in total. The van der Waals surface area contributed by atoms with Crippen molar-refractivity contribution < 1.29 is 19.4 Å². The van der Waals surface area contributed by atoms with Crippen LogP contribution in [-0.2, 0) is 14.3 Å². The van der Waals surface area contributed by atoms with Crippen molar-refractivity contribution in [1.82, 2.24) is 10.6 Å². The molecule has 1 aliphatic heterocycles. The van der Waals surface area contributed by atoms with Crippen molar-refractivity contribution in [2.45, 2.75) is 31.4 Å². The molecule has 0 radical (unpaired) electrons. The summed E-state index contributed by atoms with van der Waals surface area (Å²) in [4.78, 5) is 22.6. The minimum Gasteiger partial charge on any atom is -0.480 e. The lowest BCUT2D eigenvalue weighted by Crippen LogP contribution is -2.43. The average Bonchev–Trinajstić information content (AvgIpc) is 2.42. The van der Waals surface area contributed by atoms with Gasteiger partial charge in [0.05, 0.1) is 6.10 Å². The first-order valence-electron chi connectivity index (χ1n) is 6.47. The highest BCUT2D eigenvalue weighted by molar-refractivity contribution is 7.98. The molecular formula is C12H22N2O4S. The van der Waals surface area contributed by atoms with Crippen LogP contribution in [0, 0.1) is 0 Å². The maximum Gasteiger partial charge on any atom is 0.326 e. The number of carboxylic acids is 1. The molecule has 0 unspecified atom stereocenters. The van der Waals surface area contributed by atoms with E-state index in [0.717, 1.165) is 25.9 Å². The smallest absolute Gasteiger partial charge is 0.326 e. The van der Waals surface area contributed by atoms with E-state index in [1.807, 2.05) is 6.26 Å². The summed E-state index contributed by atoms with van der Waals surface area (Å²) in [7, 11) is 0. The molecule has 1 atom stereocenters. The average molecular weight is 290 g/mol. The third kappa shape index (κ3) is 6.79. The van der Waals surface area contributed by atoms with Crippen LogP contribution in [0.15, 0.2) is 0 Å². The zero-order valence-electron chi connectivity index (χ0n) is 11.2. The second-order valence-electron chi connectivity index (χ2n) is 4.50. The lowest BCUT2D eigenvalue weighted by atomic mass is 10.1. The molecule has 1 amide bonds. The van der Waals surface area contributed by atoms with Crippen LogP contribution in [0.2, 0.25) is 0 Å². The summed E-state index contributed by atoms with van der Waals surface area (Å²) in [5.41, 5.74) is 0. The van der Waals surface area contributed by atoms with E-state index in [9.17, 15) is 9.59 Å². The quantitative estimate of drug-likeness (QED) is 0.587. The summed E-state index contributed by atoms with van der Waals surface area (Å²) in [5.74, 6) is -0.650. The Labute approximate surface area is 117 Å². The monoisotopic (exact) mass is 290 g/mol. The van der Waals surface area contributed by atoms with Crippen LogP contribution in [0.5, 0.6) is 0 Å². The Morgan fingerprint density at radius 3 is 2.74 bits per heavy atom. The lowest BCUT2D eigenvalue weighted by Gasteiger charge is -2.23. The molecule has 3 N–H and O–H groups in total. The highest BCUT2D eigenvalue weighted by Crippen LogP contribution is 2.07. The van der Waals surface area contributed by atoms with Crippen LogP contribution >= 0.6 is 11.8 Å². The van der Waals surface area contributed by atoms with Gasteiger partial charge in [0.25, 0.3) is 0 Å². The van der Waals surface area contributed by atoms with Gasteiger partial charge in [0.2, 0.25) is 5.91 Å². The zero-order chi connectivity index (χ0) is 14.1. The largest absolute Gasteiger partial charge is 0.480 e. The van der Waals surface area contributed by atoms with Crippen LogP contribution in [0.1, 0.15) is 19.3 Å². The molecule has 1 rings (SSSR count). The van der Waals surface area contributed by atoms with Crippen molar-refractivity contribution in [3.8, 4) is 0 Å². The molecule has 0 spiro atoms. The fourth-order valence-corrected chi connectivity index (χ4v) is 2.36. The van der Waals surface area contributed by atoms with Crippen molar-refractivity contribution in [2.75, 3.05) is 31.7 Å². The summed E-state index contributed by atoms with van der Waals surface area (Å²) < 4.78 is 5.48. The Morgan fingerprint density at radius 2 is 2.16 bits per heavy atom. The normalized spacial score (nSPS) is 17.9. The van der Waals surface area contributed by atoms with Crippen molar-refractivity contribution in [3.63, 3.8) is 0 Å². The van der Waals surface area contributed by atoms with Gasteiger partial charge in [0.1, 0.15) is 12.6 Å². The van der Waals surface area contributed by atoms with Crippen LogP contribution in [0.25, 0.3) is 0 Å². The molecule has 110 valence electrons.